The number of carboxylic acid groups (broad SMARTS) is 1. The summed E-state index contributed by atoms with van der Waals surface area (Å²) in [4.78, 5) is 24.4. The lowest BCUT2D eigenvalue weighted by molar-refractivity contribution is -0.144. The van der Waals surface area contributed by atoms with Crippen molar-refractivity contribution in [2.24, 2.45) is 11.8 Å². The lowest BCUT2D eigenvalue weighted by atomic mass is 9.86. The fraction of sp³-hybridized carbons (Fsp3) is 0.391. The standard InChI is InChI=1S/C23H27NO5/c1-2-29-21-9-4-3-8-19(21)17-6-5-7-18(14-17)22(25)24-15-20(23(26)27)16-10-12-28-13-11-16/h3-9,14,16,20H,2,10-13,15H2,1H3,(H,24,25)(H,26,27). The Labute approximate surface area is 170 Å². The number of carbonyl (C=O) groups excluding carboxylic acids is 1. The average molecular weight is 397 g/mol. The van der Waals surface area contributed by atoms with Crippen molar-refractivity contribution in [3.63, 3.8) is 0 Å². The van der Waals surface area contributed by atoms with Crippen LogP contribution in [0.1, 0.15) is 30.1 Å². The van der Waals surface area contributed by atoms with Gasteiger partial charge in [0.2, 0.25) is 0 Å². The van der Waals surface area contributed by atoms with Gasteiger partial charge < -0.3 is 19.9 Å². The number of benzene rings is 2. The van der Waals surface area contributed by atoms with E-state index in [1.165, 1.54) is 0 Å². The molecule has 0 bridgehead atoms. The summed E-state index contributed by atoms with van der Waals surface area (Å²) in [5, 5.41) is 12.4. The van der Waals surface area contributed by atoms with E-state index in [1.807, 2.05) is 43.3 Å². The molecule has 29 heavy (non-hydrogen) atoms. The van der Waals surface area contributed by atoms with Crippen LogP contribution in [0, 0.1) is 11.8 Å². The van der Waals surface area contributed by atoms with Crippen LogP contribution in [0.2, 0.25) is 0 Å². The summed E-state index contributed by atoms with van der Waals surface area (Å²) in [6, 6.07) is 15.0. The predicted molar refractivity (Wildman–Crippen MR) is 110 cm³/mol. The Balaban J connectivity index is 1.71. The van der Waals surface area contributed by atoms with Crippen LogP contribution < -0.4 is 10.1 Å². The molecule has 0 spiro atoms. The van der Waals surface area contributed by atoms with Gasteiger partial charge in [0.25, 0.3) is 5.91 Å². The highest BCUT2D eigenvalue weighted by molar-refractivity contribution is 5.95. The fourth-order valence-corrected chi connectivity index (χ4v) is 3.69. The van der Waals surface area contributed by atoms with Gasteiger partial charge in [-0.25, -0.2) is 0 Å². The minimum Gasteiger partial charge on any atom is -0.493 e. The molecule has 1 heterocycles. The van der Waals surface area contributed by atoms with Gasteiger partial charge in [0.1, 0.15) is 5.75 Å². The van der Waals surface area contributed by atoms with Crippen molar-refractivity contribution in [2.75, 3.05) is 26.4 Å². The van der Waals surface area contributed by atoms with Crippen LogP contribution in [-0.2, 0) is 9.53 Å². The third-order valence-corrected chi connectivity index (χ3v) is 5.26. The van der Waals surface area contributed by atoms with Crippen LogP contribution in [0.5, 0.6) is 5.75 Å². The molecule has 1 unspecified atom stereocenters. The number of hydrogen-bond acceptors (Lipinski definition) is 4. The van der Waals surface area contributed by atoms with E-state index in [-0.39, 0.29) is 18.4 Å². The van der Waals surface area contributed by atoms with Crippen LogP contribution in [0.4, 0.5) is 0 Å². The smallest absolute Gasteiger partial charge is 0.308 e. The van der Waals surface area contributed by atoms with Crippen LogP contribution in [0.3, 0.4) is 0 Å². The molecule has 2 N–H and O–H groups in total. The number of hydrogen-bond donors (Lipinski definition) is 2. The van der Waals surface area contributed by atoms with E-state index < -0.39 is 11.9 Å². The van der Waals surface area contributed by atoms with Crippen molar-refractivity contribution in [1.82, 2.24) is 5.32 Å². The molecule has 2 aromatic carbocycles. The number of rotatable bonds is 8. The molecular weight excluding hydrogens is 370 g/mol. The van der Waals surface area contributed by atoms with E-state index in [9.17, 15) is 14.7 Å². The van der Waals surface area contributed by atoms with Gasteiger partial charge in [0.15, 0.2) is 0 Å². The molecule has 1 amide bonds. The average Bonchev–Trinajstić information content (AvgIpc) is 2.75. The molecule has 1 aliphatic heterocycles. The van der Waals surface area contributed by atoms with Gasteiger partial charge in [-0.3, -0.25) is 9.59 Å². The van der Waals surface area contributed by atoms with Crippen molar-refractivity contribution in [3.8, 4) is 16.9 Å². The Morgan fingerprint density at radius 2 is 1.93 bits per heavy atom. The van der Waals surface area contributed by atoms with Crippen molar-refractivity contribution in [1.29, 1.82) is 0 Å². The zero-order chi connectivity index (χ0) is 20.6. The molecule has 154 valence electrons. The highest BCUT2D eigenvalue weighted by Gasteiger charge is 2.30. The molecular formula is C23H27NO5. The maximum absolute atomic E-state index is 12.7. The van der Waals surface area contributed by atoms with Crippen LogP contribution in [0.15, 0.2) is 48.5 Å². The van der Waals surface area contributed by atoms with E-state index >= 15 is 0 Å². The molecule has 6 heteroatoms. The summed E-state index contributed by atoms with van der Waals surface area (Å²) >= 11 is 0. The second-order valence-electron chi connectivity index (χ2n) is 7.11. The van der Waals surface area contributed by atoms with Gasteiger partial charge in [-0.2, -0.15) is 0 Å². The van der Waals surface area contributed by atoms with E-state index in [4.69, 9.17) is 9.47 Å². The van der Waals surface area contributed by atoms with E-state index in [0.29, 0.717) is 38.2 Å². The Morgan fingerprint density at radius 1 is 1.17 bits per heavy atom. The predicted octanol–water partition coefficient (Wildman–Crippen LogP) is 3.61. The third kappa shape index (κ3) is 5.35. The maximum atomic E-state index is 12.7. The van der Waals surface area contributed by atoms with Gasteiger partial charge in [-0.1, -0.05) is 30.3 Å². The number of carboxylic acids is 1. The summed E-state index contributed by atoms with van der Waals surface area (Å²) in [6.07, 6.45) is 1.41. The summed E-state index contributed by atoms with van der Waals surface area (Å²) in [7, 11) is 0. The Kier molecular flexibility index (Phi) is 7.25. The monoisotopic (exact) mass is 397 g/mol. The molecule has 6 nitrogen and oxygen atoms in total. The molecule has 1 fully saturated rings. The van der Waals surface area contributed by atoms with E-state index in [0.717, 1.165) is 16.9 Å². The van der Waals surface area contributed by atoms with Gasteiger partial charge in [-0.05, 0) is 49.4 Å². The SMILES string of the molecule is CCOc1ccccc1-c1cccc(C(=O)NCC(C(=O)O)C2CCOCC2)c1. The lowest BCUT2D eigenvalue weighted by Crippen LogP contribution is -2.39. The Morgan fingerprint density at radius 3 is 2.66 bits per heavy atom. The minimum absolute atomic E-state index is 0.0194. The van der Waals surface area contributed by atoms with Gasteiger partial charge in [-0.15, -0.1) is 0 Å². The van der Waals surface area contributed by atoms with Crippen molar-refractivity contribution < 1.29 is 24.2 Å². The molecule has 0 aromatic heterocycles. The van der Waals surface area contributed by atoms with E-state index in [2.05, 4.69) is 5.32 Å². The minimum atomic E-state index is -0.878. The van der Waals surface area contributed by atoms with Crippen molar-refractivity contribution in [3.05, 3.63) is 54.1 Å². The second-order valence-corrected chi connectivity index (χ2v) is 7.11. The normalized spacial score (nSPS) is 15.5. The van der Waals surface area contributed by atoms with Gasteiger partial charge >= 0.3 is 5.97 Å². The molecule has 0 radical (unpaired) electrons. The molecule has 1 atom stereocenters. The first-order valence-electron chi connectivity index (χ1n) is 10.0. The second kappa shape index (κ2) is 10.1. The highest BCUT2D eigenvalue weighted by atomic mass is 16.5. The van der Waals surface area contributed by atoms with Crippen molar-refractivity contribution >= 4 is 11.9 Å². The summed E-state index contributed by atoms with van der Waals surface area (Å²) in [6.45, 7) is 3.74. The van der Waals surface area contributed by atoms with Gasteiger partial charge in [0.05, 0.1) is 12.5 Å². The molecule has 2 aromatic rings. The largest absolute Gasteiger partial charge is 0.493 e. The number of para-hydroxylation sites is 1. The molecule has 3 rings (SSSR count). The quantitative estimate of drug-likeness (QED) is 0.711. The van der Waals surface area contributed by atoms with Crippen LogP contribution >= 0.6 is 0 Å². The number of aliphatic carboxylic acids is 1. The summed E-state index contributed by atoms with van der Waals surface area (Å²) in [5.41, 5.74) is 2.28. The summed E-state index contributed by atoms with van der Waals surface area (Å²) < 4.78 is 11.0. The number of ether oxygens (including phenoxy) is 2. The van der Waals surface area contributed by atoms with Crippen molar-refractivity contribution in [2.45, 2.75) is 19.8 Å². The zero-order valence-electron chi connectivity index (χ0n) is 16.6. The third-order valence-electron chi connectivity index (χ3n) is 5.26. The van der Waals surface area contributed by atoms with E-state index in [1.54, 1.807) is 12.1 Å². The van der Waals surface area contributed by atoms with Crippen LogP contribution in [-0.4, -0.2) is 43.3 Å². The first-order chi connectivity index (χ1) is 14.1. The Hall–Kier alpha value is -2.86. The summed E-state index contributed by atoms with van der Waals surface area (Å²) in [5.74, 6) is -0.982. The number of nitrogens with one attached hydrogen (secondary N) is 1. The fourth-order valence-electron chi connectivity index (χ4n) is 3.69. The molecule has 0 aliphatic carbocycles. The lowest BCUT2D eigenvalue weighted by Gasteiger charge is -2.27. The molecule has 1 aliphatic rings. The molecule has 1 saturated heterocycles. The zero-order valence-corrected chi connectivity index (χ0v) is 16.6. The number of amides is 1. The topological polar surface area (TPSA) is 84.9 Å². The van der Waals surface area contributed by atoms with Crippen LogP contribution in [0.25, 0.3) is 11.1 Å². The van der Waals surface area contributed by atoms with Gasteiger partial charge in [0, 0.05) is 30.9 Å². The first kappa shape index (κ1) is 20.9. The first-order valence-corrected chi connectivity index (χ1v) is 10.0. The Bertz CT molecular complexity index is 845. The maximum Gasteiger partial charge on any atom is 0.308 e. The highest BCUT2D eigenvalue weighted by Crippen LogP contribution is 2.30. The molecule has 0 saturated carbocycles. The number of carbonyl (C=O) groups is 2.